The van der Waals surface area contributed by atoms with E-state index in [-0.39, 0.29) is 24.1 Å². The molecular formula is C26H31N5O4S. The number of hydrogen-bond acceptors (Lipinski definition) is 7. The molecule has 0 unspecified atom stereocenters. The SMILES string of the molecule is Cc1cc(OCCOC(C)C)ccc1N1C(=O)Nc2c(C(=O)N[C@@H]3CCCNC3)sc3nccc1c23. The Morgan fingerprint density at radius 2 is 2.14 bits per heavy atom. The highest BCUT2D eigenvalue weighted by atomic mass is 32.1. The van der Waals surface area contributed by atoms with Gasteiger partial charge in [0.15, 0.2) is 0 Å². The van der Waals surface area contributed by atoms with Gasteiger partial charge in [-0.1, -0.05) is 0 Å². The Bertz CT molecular complexity index is 1280. The van der Waals surface area contributed by atoms with E-state index in [2.05, 4.69) is 20.9 Å². The zero-order valence-corrected chi connectivity index (χ0v) is 21.5. The summed E-state index contributed by atoms with van der Waals surface area (Å²) in [5.74, 6) is 0.536. The fraction of sp³-hybridized carbons (Fsp3) is 0.423. The summed E-state index contributed by atoms with van der Waals surface area (Å²) in [4.78, 5) is 33.9. The van der Waals surface area contributed by atoms with Gasteiger partial charge in [-0.05, 0) is 70.0 Å². The van der Waals surface area contributed by atoms with Crippen LogP contribution < -0.4 is 25.6 Å². The molecule has 190 valence electrons. The quantitative estimate of drug-likeness (QED) is 0.384. The van der Waals surface area contributed by atoms with E-state index >= 15 is 0 Å². The van der Waals surface area contributed by atoms with Crippen molar-refractivity contribution in [1.82, 2.24) is 15.6 Å². The van der Waals surface area contributed by atoms with Gasteiger partial charge in [0, 0.05) is 18.8 Å². The van der Waals surface area contributed by atoms with Crippen molar-refractivity contribution in [2.45, 2.75) is 45.8 Å². The first kappa shape index (κ1) is 24.5. The van der Waals surface area contributed by atoms with Crippen LogP contribution in [-0.2, 0) is 4.74 Å². The van der Waals surface area contributed by atoms with E-state index in [0.717, 1.165) is 42.6 Å². The maximum atomic E-state index is 13.4. The number of pyridine rings is 1. The highest BCUT2D eigenvalue weighted by Gasteiger charge is 2.33. The first-order chi connectivity index (χ1) is 17.4. The van der Waals surface area contributed by atoms with Crippen molar-refractivity contribution < 1.29 is 19.1 Å². The molecule has 9 nitrogen and oxygen atoms in total. The second kappa shape index (κ2) is 10.4. The first-order valence-electron chi connectivity index (χ1n) is 12.3. The first-order valence-corrected chi connectivity index (χ1v) is 13.1. The van der Waals surface area contributed by atoms with Gasteiger partial charge in [-0.2, -0.15) is 0 Å². The predicted molar refractivity (Wildman–Crippen MR) is 142 cm³/mol. The molecule has 1 fully saturated rings. The largest absolute Gasteiger partial charge is 0.491 e. The number of aryl methyl sites for hydroxylation is 1. The Kier molecular flexibility index (Phi) is 7.08. The van der Waals surface area contributed by atoms with Gasteiger partial charge in [0.25, 0.3) is 5.91 Å². The molecule has 36 heavy (non-hydrogen) atoms. The monoisotopic (exact) mass is 509 g/mol. The molecule has 2 aliphatic rings. The van der Waals surface area contributed by atoms with Crippen LogP contribution in [0.4, 0.5) is 21.9 Å². The van der Waals surface area contributed by atoms with Crippen molar-refractivity contribution in [3.63, 3.8) is 0 Å². The molecule has 0 aliphatic carbocycles. The zero-order chi connectivity index (χ0) is 25.2. The number of hydrogen-bond donors (Lipinski definition) is 3. The van der Waals surface area contributed by atoms with Crippen LogP contribution in [0.25, 0.3) is 10.2 Å². The lowest BCUT2D eigenvalue weighted by Gasteiger charge is -2.30. The summed E-state index contributed by atoms with van der Waals surface area (Å²) in [6, 6.07) is 7.22. The van der Waals surface area contributed by atoms with Gasteiger partial charge in [-0.15, -0.1) is 11.3 Å². The van der Waals surface area contributed by atoms with Crippen LogP contribution in [0.15, 0.2) is 30.5 Å². The normalized spacial score (nSPS) is 17.4. The topological polar surface area (TPSA) is 105 Å². The molecule has 3 N–H and O–H groups in total. The van der Waals surface area contributed by atoms with E-state index < -0.39 is 0 Å². The summed E-state index contributed by atoms with van der Waals surface area (Å²) in [6.07, 6.45) is 3.80. The van der Waals surface area contributed by atoms with E-state index in [4.69, 9.17) is 9.47 Å². The predicted octanol–water partition coefficient (Wildman–Crippen LogP) is 4.57. The van der Waals surface area contributed by atoms with E-state index in [1.807, 2.05) is 45.0 Å². The molecule has 1 saturated heterocycles. The van der Waals surface area contributed by atoms with E-state index in [1.165, 1.54) is 11.3 Å². The lowest BCUT2D eigenvalue weighted by atomic mass is 10.1. The molecule has 4 heterocycles. The van der Waals surface area contributed by atoms with E-state index in [0.29, 0.717) is 40.0 Å². The number of rotatable bonds is 8. The Hall–Kier alpha value is -3.21. The number of thiophene rings is 1. The Morgan fingerprint density at radius 3 is 2.89 bits per heavy atom. The molecule has 0 spiro atoms. The Morgan fingerprint density at radius 1 is 1.28 bits per heavy atom. The van der Waals surface area contributed by atoms with Crippen LogP contribution in [0, 0.1) is 6.92 Å². The van der Waals surface area contributed by atoms with Gasteiger partial charge in [0.2, 0.25) is 0 Å². The van der Waals surface area contributed by atoms with Crippen molar-refractivity contribution in [3.8, 4) is 5.75 Å². The number of carbonyl (C=O) groups excluding carboxylic acids is 2. The third-order valence-electron chi connectivity index (χ3n) is 6.30. The molecule has 10 heteroatoms. The molecule has 2 aromatic heterocycles. The third-order valence-corrected chi connectivity index (χ3v) is 7.39. The molecule has 3 amide bonds. The van der Waals surface area contributed by atoms with Crippen LogP contribution in [-0.4, -0.2) is 55.4 Å². The standard InChI is InChI=1S/C26H31N5O4S/c1-15(2)34-11-12-35-18-6-7-19(16(3)13-18)31-20-8-10-28-25-21(20)22(30-26(31)33)23(36-25)24(32)29-17-5-4-9-27-14-17/h6-8,10,13,15,17,27H,4-5,9,11-12,14H2,1-3H3,(H,29,32)(H,30,33)/t17-/m1/s1. The zero-order valence-electron chi connectivity index (χ0n) is 20.7. The molecule has 0 bridgehead atoms. The molecule has 0 saturated carbocycles. The summed E-state index contributed by atoms with van der Waals surface area (Å²) in [5.41, 5.74) is 2.86. The van der Waals surface area contributed by atoms with Crippen LogP contribution in [0.5, 0.6) is 5.75 Å². The minimum absolute atomic E-state index is 0.0761. The van der Waals surface area contributed by atoms with Crippen molar-refractivity contribution in [2.24, 2.45) is 0 Å². The smallest absolute Gasteiger partial charge is 0.331 e. The van der Waals surface area contributed by atoms with Crippen LogP contribution in [0.1, 0.15) is 41.9 Å². The fourth-order valence-corrected chi connectivity index (χ4v) is 5.64. The fourth-order valence-electron chi connectivity index (χ4n) is 4.62. The average Bonchev–Trinajstić information content (AvgIpc) is 3.23. The molecule has 5 rings (SSSR count). The Labute approximate surface area is 214 Å². The molecule has 0 radical (unpaired) electrons. The molecule has 2 aliphatic heterocycles. The number of anilines is 3. The number of piperidine rings is 1. The van der Waals surface area contributed by atoms with Crippen molar-refractivity contribution in [1.29, 1.82) is 0 Å². The lowest BCUT2D eigenvalue weighted by molar-refractivity contribution is 0.0552. The summed E-state index contributed by atoms with van der Waals surface area (Å²) in [7, 11) is 0. The third kappa shape index (κ3) is 4.88. The molecule has 3 aromatic rings. The van der Waals surface area contributed by atoms with Crippen molar-refractivity contribution in [3.05, 3.63) is 40.9 Å². The van der Waals surface area contributed by atoms with Gasteiger partial charge in [-0.25, -0.2) is 9.78 Å². The van der Waals surface area contributed by atoms with Gasteiger partial charge < -0.3 is 25.4 Å². The maximum absolute atomic E-state index is 13.4. The van der Waals surface area contributed by atoms with E-state index in [1.54, 1.807) is 11.1 Å². The van der Waals surface area contributed by atoms with Crippen LogP contribution in [0.2, 0.25) is 0 Å². The van der Waals surface area contributed by atoms with Crippen molar-refractivity contribution >= 4 is 50.6 Å². The Balaban J connectivity index is 1.42. The summed E-state index contributed by atoms with van der Waals surface area (Å²) < 4.78 is 11.3. The van der Waals surface area contributed by atoms with Gasteiger partial charge >= 0.3 is 6.03 Å². The number of carbonyl (C=O) groups is 2. The van der Waals surface area contributed by atoms with E-state index in [9.17, 15) is 9.59 Å². The average molecular weight is 510 g/mol. The van der Waals surface area contributed by atoms with Gasteiger partial charge in [0.1, 0.15) is 22.1 Å². The number of aromatic nitrogens is 1. The van der Waals surface area contributed by atoms with Gasteiger partial charge in [-0.3, -0.25) is 9.69 Å². The summed E-state index contributed by atoms with van der Waals surface area (Å²) >= 11 is 1.30. The van der Waals surface area contributed by atoms with Crippen molar-refractivity contribution in [2.75, 3.05) is 36.5 Å². The number of nitrogens with one attached hydrogen (secondary N) is 3. The number of urea groups is 1. The maximum Gasteiger partial charge on any atom is 0.331 e. The molecular weight excluding hydrogens is 478 g/mol. The number of benzene rings is 1. The summed E-state index contributed by atoms with van der Waals surface area (Å²) in [5, 5.41) is 10.2. The highest BCUT2D eigenvalue weighted by molar-refractivity contribution is 7.21. The second-order valence-electron chi connectivity index (χ2n) is 9.32. The highest BCUT2D eigenvalue weighted by Crippen LogP contribution is 2.46. The minimum Gasteiger partial charge on any atom is -0.491 e. The minimum atomic E-state index is -0.316. The summed E-state index contributed by atoms with van der Waals surface area (Å²) in [6.45, 7) is 8.60. The number of amides is 3. The van der Waals surface area contributed by atoms with Gasteiger partial charge in [0.05, 0.1) is 35.2 Å². The second-order valence-corrected chi connectivity index (χ2v) is 10.3. The molecule has 1 aromatic carbocycles. The van der Waals surface area contributed by atoms with Crippen LogP contribution >= 0.6 is 11.3 Å². The molecule has 1 atom stereocenters. The number of ether oxygens (including phenoxy) is 2. The number of nitrogens with zero attached hydrogens (tertiary/aromatic N) is 2. The van der Waals surface area contributed by atoms with Crippen LogP contribution in [0.3, 0.4) is 0 Å². The lowest BCUT2D eigenvalue weighted by Crippen LogP contribution is -2.45.